The minimum atomic E-state index is -0.749. The van der Waals surface area contributed by atoms with E-state index in [9.17, 15) is 43.2 Å². The molecule has 4 rings (SSSR count). The molecule has 2 fully saturated rings. The second-order valence-electron chi connectivity index (χ2n) is 13.5. The number of carbonyl (C=O) groups is 9. The largest absolute Gasteiger partial charge is 0.491 e. The van der Waals surface area contributed by atoms with E-state index in [1.165, 1.54) is 0 Å². The van der Waals surface area contributed by atoms with Gasteiger partial charge in [-0.2, -0.15) is 0 Å². The van der Waals surface area contributed by atoms with Gasteiger partial charge in [0.05, 0.1) is 92.1 Å². The summed E-state index contributed by atoms with van der Waals surface area (Å²) in [5.41, 5.74) is 0.654. The third kappa shape index (κ3) is 19.0. The number of benzene rings is 1. The minimum absolute atomic E-state index is 0.0181. The lowest BCUT2D eigenvalue weighted by atomic mass is 10.2. The van der Waals surface area contributed by atoms with Crippen LogP contribution in [0.25, 0.3) is 0 Å². The molecule has 7 amide bonds. The van der Waals surface area contributed by atoms with Crippen LogP contribution in [0.2, 0.25) is 0 Å². The molecule has 346 valence electrons. The highest BCUT2D eigenvalue weighted by atomic mass is 16.7. The van der Waals surface area contributed by atoms with Crippen LogP contribution in [0.5, 0.6) is 11.5 Å². The first-order chi connectivity index (χ1) is 30.5. The second-order valence-corrected chi connectivity index (χ2v) is 13.5. The zero-order chi connectivity index (χ0) is 45.2. The molecule has 0 bridgehead atoms. The summed E-state index contributed by atoms with van der Waals surface area (Å²) in [6, 6.07) is 5.12. The van der Waals surface area contributed by atoms with Gasteiger partial charge in [-0.05, 0) is 17.7 Å². The van der Waals surface area contributed by atoms with E-state index in [0.29, 0.717) is 27.2 Å². The van der Waals surface area contributed by atoms with Crippen molar-refractivity contribution in [2.45, 2.75) is 51.5 Å². The van der Waals surface area contributed by atoms with Gasteiger partial charge in [-0.3, -0.25) is 38.5 Å². The fourth-order valence-electron chi connectivity index (χ4n) is 5.50. The van der Waals surface area contributed by atoms with Crippen molar-refractivity contribution in [2.75, 3.05) is 99.0 Å². The monoisotopic (exact) mass is 892 g/mol. The first-order valence-corrected chi connectivity index (χ1v) is 20.3. The number of rotatable bonds is 33. The average molecular weight is 893 g/mol. The molecule has 1 aromatic rings. The van der Waals surface area contributed by atoms with Gasteiger partial charge in [0.15, 0.2) is 0 Å². The van der Waals surface area contributed by atoms with Gasteiger partial charge in [0.2, 0.25) is 5.91 Å². The van der Waals surface area contributed by atoms with E-state index in [-0.39, 0.29) is 156 Å². The number of hydroxylamine groups is 4. The molecule has 0 aromatic heterocycles. The van der Waals surface area contributed by atoms with Crippen molar-refractivity contribution in [1.82, 2.24) is 20.3 Å². The van der Waals surface area contributed by atoms with E-state index in [4.69, 9.17) is 47.6 Å². The van der Waals surface area contributed by atoms with E-state index in [1.54, 1.807) is 18.2 Å². The Balaban J connectivity index is 1.06. The summed E-state index contributed by atoms with van der Waals surface area (Å²) in [5, 5.41) is 3.74. The Morgan fingerprint density at radius 1 is 0.476 bits per heavy atom. The Kier molecular flexibility index (Phi) is 22.1. The minimum Gasteiger partial charge on any atom is -0.491 e. The van der Waals surface area contributed by atoms with Crippen LogP contribution < -0.4 is 14.8 Å². The summed E-state index contributed by atoms with van der Waals surface area (Å²) in [6.45, 7) is 2.89. The van der Waals surface area contributed by atoms with Crippen LogP contribution in [0.4, 0.5) is 0 Å². The lowest BCUT2D eigenvalue weighted by molar-refractivity contribution is -0.198. The summed E-state index contributed by atoms with van der Waals surface area (Å²) < 4.78 is 44.4. The van der Waals surface area contributed by atoms with Gasteiger partial charge >= 0.3 is 11.9 Å². The fourth-order valence-corrected chi connectivity index (χ4v) is 5.50. The van der Waals surface area contributed by atoms with Gasteiger partial charge in [-0.15, -0.1) is 10.1 Å². The summed E-state index contributed by atoms with van der Waals surface area (Å²) in [7, 11) is 0. The van der Waals surface area contributed by atoms with Crippen molar-refractivity contribution in [3.8, 4) is 11.5 Å². The number of nitrogens with zero attached hydrogens (tertiary/aromatic N) is 3. The second kappa shape index (κ2) is 28.0. The number of imide groups is 3. The molecular weight excluding hydrogens is 840 g/mol. The third-order valence-corrected chi connectivity index (χ3v) is 8.67. The Bertz CT molecular complexity index is 1650. The van der Waals surface area contributed by atoms with Crippen molar-refractivity contribution < 1.29 is 90.7 Å². The summed E-state index contributed by atoms with van der Waals surface area (Å²) >= 11 is 0. The number of hydrogen-bond donors (Lipinski definition) is 1. The smallest absolute Gasteiger partial charge is 0.335 e. The number of ether oxygens (including phenoxy) is 8. The van der Waals surface area contributed by atoms with Crippen LogP contribution >= 0.6 is 0 Å². The predicted octanol–water partition coefficient (Wildman–Crippen LogP) is -0.530. The van der Waals surface area contributed by atoms with E-state index >= 15 is 0 Å². The highest BCUT2D eigenvalue weighted by Gasteiger charge is 2.33. The molecule has 1 aromatic carbocycles. The van der Waals surface area contributed by atoms with Gasteiger partial charge in [-0.25, -0.2) is 9.59 Å². The molecule has 23 nitrogen and oxygen atoms in total. The van der Waals surface area contributed by atoms with Gasteiger partial charge in [0.25, 0.3) is 35.4 Å². The average Bonchev–Trinajstić information content (AvgIpc) is 3.88. The molecule has 3 aliphatic heterocycles. The normalized spacial score (nSPS) is 15.0. The molecule has 0 unspecified atom stereocenters. The standard InChI is InChI=1S/C40H52N4O19/c45-32(7-10-42-33(46)1-2-34(42)47)41-28-29-25-30(60-23-21-58-19-17-56-15-13-54-11-8-39(52)62-43-35(48)3-4-36(43)49)27-31(26-29)61-24-22-59-20-18-57-16-14-55-12-9-40(53)63-44-37(50)5-6-38(44)51/h1-2,25-27H,3-24,28H2,(H,41,45). The molecule has 63 heavy (non-hydrogen) atoms. The molecule has 0 saturated carbocycles. The van der Waals surface area contributed by atoms with E-state index in [2.05, 4.69) is 5.32 Å². The van der Waals surface area contributed by atoms with Crippen LogP contribution in [0.15, 0.2) is 30.4 Å². The highest BCUT2D eigenvalue weighted by molar-refractivity contribution is 6.13. The maximum atomic E-state index is 12.5. The maximum absolute atomic E-state index is 12.5. The van der Waals surface area contributed by atoms with Gasteiger partial charge < -0.3 is 52.9 Å². The number of nitrogens with one attached hydrogen (secondary N) is 1. The molecule has 0 atom stereocenters. The Morgan fingerprint density at radius 3 is 1.24 bits per heavy atom. The topological polar surface area (TPSA) is 268 Å². The molecule has 0 radical (unpaired) electrons. The SMILES string of the molecule is O=C(CCN1C(=O)C=CC1=O)NCc1cc(OCCOCCOCCOCCC(=O)ON2C(=O)CCC2=O)cc(OCCOCCOCCOCCC(=O)ON2C(=O)CCC2=O)c1. The Morgan fingerprint density at radius 2 is 0.841 bits per heavy atom. The lowest BCUT2D eigenvalue weighted by Gasteiger charge is -2.15. The van der Waals surface area contributed by atoms with Crippen molar-refractivity contribution >= 4 is 53.3 Å². The van der Waals surface area contributed by atoms with Crippen molar-refractivity contribution in [1.29, 1.82) is 0 Å². The van der Waals surface area contributed by atoms with E-state index in [0.717, 1.165) is 17.1 Å². The van der Waals surface area contributed by atoms with Crippen LogP contribution in [0.1, 0.15) is 50.5 Å². The molecule has 3 aliphatic rings. The van der Waals surface area contributed by atoms with Gasteiger partial charge in [0, 0.05) is 63.4 Å². The third-order valence-electron chi connectivity index (χ3n) is 8.67. The molecule has 2 saturated heterocycles. The maximum Gasteiger partial charge on any atom is 0.335 e. The Hall–Kier alpha value is -5.85. The van der Waals surface area contributed by atoms with Crippen LogP contribution in [-0.4, -0.2) is 167 Å². The van der Waals surface area contributed by atoms with Crippen LogP contribution in [0, 0.1) is 0 Å². The van der Waals surface area contributed by atoms with Crippen molar-refractivity contribution in [3.05, 3.63) is 35.9 Å². The predicted molar refractivity (Wildman–Crippen MR) is 208 cm³/mol. The number of amides is 7. The zero-order valence-electron chi connectivity index (χ0n) is 34.7. The molecule has 1 N–H and O–H groups in total. The fraction of sp³-hybridized carbons (Fsp3) is 0.575. The van der Waals surface area contributed by atoms with Gasteiger partial charge in [-0.1, -0.05) is 0 Å². The lowest BCUT2D eigenvalue weighted by Crippen LogP contribution is -2.34. The van der Waals surface area contributed by atoms with Crippen molar-refractivity contribution in [2.24, 2.45) is 0 Å². The molecule has 0 spiro atoms. The summed E-state index contributed by atoms with van der Waals surface area (Å²) in [4.78, 5) is 116. The van der Waals surface area contributed by atoms with Crippen LogP contribution in [-0.2, 0) is 87.8 Å². The van der Waals surface area contributed by atoms with Crippen molar-refractivity contribution in [3.63, 3.8) is 0 Å². The molecule has 3 heterocycles. The number of carbonyl (C=O) groups excluding carboxylic acids is 9. The first kappa shape index (κ1) is 49.8. The first-order valence-electron chi connectivity index (χ1n) is 20.3. The van der Waals surface area contributed by atoms with Gasteiger partial charge in [0.1, 0.15) is 24.7 Å². The highest BCUT2D eigenvalue weighted by Crippen LogP contribution is 2.23. The van der Waals surface area contributed by atoms with E-state index in [1.807, 2.05) is 0 Å². The molecule has 0 aliphatic carbocycles. The Labute approximate surface area is 361 Å². The molecular formula is C40H52N4O19. The van der Waals surface area contributed by atoms with E-state index < -0.39 is 47.4 Å². The zero-order valence-corrected chi connectivity index (χ0v) is 34.7. The molecule has 23 heteroatoms. The van der Waals surface area contributed by atoms with Crippen LogP contribution in [0.3, 0.4) is 0 Å². The quantitative estimate of drug-likeness (QED) is 0.0686. The number of hydrogen-bond acceptors (Lipinski definition) is 19. The summed E-state index contributed by atoms with van der Waals surface area (Å²) in [6.07, 6.45) is 2.03. The summed E-state index contributed by atoms with van der Waals surface area (Å²) in [5.74, 6) is -4.11.